The van der Waals surface area contributed by atoms with Crippen molar-refractivity contribution in [3.05, 3.63) is 0 Å². The van der Waals surface area contributed by atoms with Crippen LogP contribution >= 0.6 is 12.6 Å². The standard InChI is InChI=1S/C8H15NO5S/c1-3(11)9-5-7(15)6(12)4(2-10)14-8(5)13/h4-8,10,12-13,15H,2H2,1H3,(H,9,11)/t4-,5-,6-,7-,8-/m1/s1. The smallest absolute Gasteiger partial charge is 0.217 e. The summed E-state index contributed by atoms with van der Waals surface area (Å²) >= 11 is 4.08. The summed E-state index contributed by atoms with van der Waals surface area (Å²) in [5, 5.41) is 29.7. The van der Waals surface area contributed by atoms with E-state index in [0.29, 0.717) is 0 Å². The van der Waals surface area contributed by atoms with Crippen molar-refractivity contribution in [1.82, 2.24) is 5.32 Å². The molecule has 1 amide bonds. The molecule has 1 aliphatic heterocycles. The molecule has 88 valence electrons. The van der Waals surface area contributed by atoms with Gasteiger partial charge in [0.25, 0.3) is 0 Å². The lowest BCUT2D eigenvalue weighted by Gasteiger charge is -2.40. The van der Waals surface area contributed by atoms with Crippen LogP contribution in [0.4, 0.5) is 0 Å². The number of aliphatic hydroxyl groups is 3. The van der Waals surface area contributed by atoms with E-state index in [9.17, 15) is 15.0 Å². The van der Waals surface area contributed by atoms with E-state index >= 15 is 0 Å². The van der Waals surface area contributed by atoms with Crippen molar-refractivity contribution < 1.29 is 24.9 Å². The highest BCUT2D eigenvalue weighted by molar-refractivity contribution is 7.81. The van der Waals surface area contributed by atoms with Gasteiger partial charge in [-0.2, -0.15) is 12.6 Å². The van der Waals surface area contributed by atoms with Gasteiger partial charge in [-0.3, -0.25) is 4.79 Å². The maximum atomic E-state index is 10.8. The van der Waals surface area contributed by atoms with Gasteiger partial charge in [0.1, 0.15) is 6.10 Å². The Bertz CT molecular complexity index is 239. The van der Waals surface area contributed by atoms with Gasteiger partial charge in [-0.05, 0) is 0 Å². The molecule has 5 atom stereocenters. The molecule has 1 fully saturated rings. The fourth-order valence-corrected chi connectivity index (χ4v) is 1.90. The highest BCUT2D eigenvalue weighted by Crippen LogP contribution is 2.23. The Hall–Kier alpha value is -0.340. The number of rotatable bonds is 2. The van der Waals surface area contributed by atoms with Gasteiger partial charge < -0.3 is 25.4 Å². The van der Waals surface area contributed by atoms with E-state index in [-0.39, 0.29) is 5.91 Å². The van der Waals surface area contributed by atoms with Gasteiger partial charge >= 0.3 is 0 Å². The molecule has 0 bridgehead atoms. The van der Waals surface area contributed by atoms with Crippen molar-refractivity contribution >= 4 is 18.5 Å². The summed E-state index contributed by atoms with van der Waals surface area (Å²) in [6.45, 7) is 0.875. The summed E-state index contributed by atoms with van der Waals surface area (Å²) in [5.41, 5.74) is 0. The van der Waals surface area contributed by atoms with Crippen molar-refractivity contribution in [2.75, 3.05) is 6.61 Å². The molecule has 0 saturated carbocycles. The van der Waals surface area contributed by atoms with E-state index in [0.717, 1.165) is 0 Å². The first-order valence-corrected chi connectivity index (χ1v) is 5.06. The maximum absolute atomic E-state index is 10.8. The van der Waals surface area contributed by atoms with E-state index < -0.39 is 36.4 Å². The first-order valence-electron chi connectivity index (χ1n) is 4.55. The van der Waals surface area contributed by atoms with Gasteiger partial charge in [0, 0.05) is 6.92 Å². The van der Waals surface area contributed by atoms with Gasteiger partial charge in [-0.15, -0.1) is 0 Å². The summed E-state index contributed by atoms with van der Waals surface area (Å²) in [6, 6.07) is -0.788. The molecule has 0 aromatic heterocycles. The highest BCUT2D eigenvalue weighted by atomic mass is 32.1. The Morgan fingerprint density at radius 1 is 1.53 bits per heavy atom. The molecule has 0 aromatic rings. The lowest BCUT2D eigenvalue weighted by molar-refractivity contribution is -0.218. The summed E-state index contributed by atoms with van der Waals surface area (Å²) in [5.74, 6) is -0.351. The normalized spacial score (nSPS) is 41.3. The Kier molecular flexibility index (Phi) is 4.35. The minimum Gasteiger partial charge on any atom is -0.394 e. The zero-order valence-corrected chi connectivity index (χ0v) is 9.09. The van der Waals surface area contributed by atoms with Crippen LogP contribution in [0.25, 0.3) is 0 Å². The molecule has 4 N–H and O–H groups in total. The van der Waals surface area contributed by atoms with Crippen molar-refractivity contribution in [1.29, 1.82) is 0 Å². The molecule has 6 nitrogen and oxygen atoms in total. The van der Waals surface area contributed by atoms with Crippen molar-refractivity contribution in [2.45, 2.75) is 36.7 Å². The zero-order valence-electron chi connectivity index (χ0n) is 8.20. The summed E-state index contributed by atoms with van der Waals surface area (Å²) in [7, 11) is 0. The first kappa shape index (κ1) is 12.7. The second-order valence-corrected chi connectivity index (χ2v) is 4.05. The molecule has 15 heavy (non-hydrogen) atoms. The third kappa shape index (κ3) is 2.82. The average molecular weight is 237 g/mol. The molecule has 0 radical (unpaired) electrons. The molecule has 1 heterocycles. The van der Waals surface area contributed by atoms with Crippen LogP contribution in [0.5, 0.6) is 0 Å². The Morgan fingerprint density at radius 2 is 2.13 bits per heavy atom. The van der Waals surface area contributed by atoms with Gasteiger partial charge in [-0.1, -0.05) is 0 Å². The molecule has 0 spiro atoms. The van der Waals surface area contributed by atoms with Crippen LogP contribution in [0.2, 0.25) is 0 Å². The predicted molar refractivity (Wildman–Crippen MR) is 54.4 cm³/mol. The SMILES string of the molecule is CC(=O)N[C@@H]1[C@@H](S)[C@H](O)[C@@H](CO)O[C@H]1O. The number of ether oxygens (including phenoxy) is 1. The minimum absolute atomic E-state index is 0.351. The van der Waals surface area contributed by atoms with Crippen molar-refractivity contribution in [3.63, 3.8) is 0 Å². The van der Waals surface area contributed by atoms with Crippen LogP contribution in [-0.4, -0.2) is 57.6 Å². The zero-order chi connectivity index (χ0) is 11.6. The second kappa shape index (κ2) is 5.13. The van der Waals surface area contributed by atoms with E-state index in [2.05, 4.69) is 17.9 Å². The van der Waals surface area contributed by atoms with Crippen LogP contribution in [0.1, 0.15) is 6.92 Å². The average Bonchev–Trinajstić information content (AvgIpc) is 2.18. The van der Waals surface area contributed by atoms with Gasteiger partial charge in [0.15, 0.2) is 6.29 Å². The fourth-order valence-electron chi connectivity index (χ4n) is 1.49. The van der Waals surface area contributed by atoms with Gasteiger partial charge in [0.2, 0.25) is 5.91 Å². The van der Waals surface area contributed by atoms with Crippen molar-refractivity contribution in [3.8, 4) is 0 Å². The van der Waals surface area contributed by atoms with E-state index in [4.69, 9.17) is 9.84 Å². The largest absolute Gasteiger partial charge is 0.394 e. The number of carbonyl (C=O) groups excluding carboxylic acids is 1. The lowest BCUT2D eigenvalue weighted by Crippen LogP contribution is -2.62. The third-order valence-corrected chi connectivity index (χ3v) is 2.90. The second-order valence-electron chi connectivity index (χ2n) is 3.46. The third-order valence-electron chi connectivity index (χ3n) is 2.27. The number of carbonyl (C=O) groups is 1. The highest BCUT2D eigenvalue weighted by Gasteiger charge is 2.42. The minimum atomic E-state index is -1.28. The van der Waals surface area contributed by atoms with E-state index in [1.54, 1.807) is 0 Å². The number of hydrogen-bond donors (Lipinski definition) is 5. The molecular formula is C8H15NO5S. The van der Waals surface area contributed by atoms with E-state index in [1.165, 1.54) is 6.92 Å². The molecule has 1 aliphatic rings. The molecule has 0 unspecified atom stereocenters. The summed E-state index contributed by atoms with van der Waals surface area (Å²) in [6.07, 6.45) is -3.21. The quantitative estimate of drug-likeness (QED) is 0.353. The first-order chi connectivity index (χ1) is 6.97. The monoisotopic (exact) mass is 237 g/mol. The van der Waals surface area contributed by atoms with Crippen LogP contribution in [0.3, 0.4) is 0 Å². The predicted octanol–water partition coefficient (Wildman–Crippen LogP) is -2.14. The van der Waals surface area contributed by atoms with E-state index in [1.807, 2.05) is 0 Å². The number of nitrogens with one attached hydrogen (secondary N) is 1. The van der Waals surface area contributed by atoms with Crippen LogP contribution in [0, 0.1) is 0 Å². The number of thiol groups is 1. The summed E-state index contributed by atoms with van der Waals surface area (Å²) in [4.78, 5) is 10.8. The van der Waals surface area contributed by atoms with Crippen LogP contribution in [0.15, 0.2) is 0 Å². The molecular weight excluding hydrogens is 222 g/mol. The fraction of sp³-hybridized carbons (Fsp3) is 0.875. The Balaban J connectivity index is 2.70. The lowest BCUT2D eigenvalue weighted by atomic mass is 10.00. The summed E-state index contributed by atoms with van der Waals surface area (Å²) < 4.78 is 4.92. The van der Waals surface area contributed by atoms with Crippen LogP contribution in [-0.2, 0) is 9.53 Å². The number of amides is 1. The molecule has 1 saturated heterocycles. The Morgan fingerprint density at radius 3 is 2.60 bits per heavy atom. The van der Waals surface area contributed by atoms with Gasteiger partial charge in [-0.25, -0.2) is 0 Å². The topological polar surface area (TPSA) is 99.0 Å². The molecule has 0 aliphatic carbocycles. The van der Waals surface area contributed by atoms with Crippen molar-refractivity contribution in [2.24, 2.45) is 0 Å². The number of hydrogen-bond acceptors (Lipinski definition) is 6. The molecule has 1 rings (SSSR count). The van der Waals surface area contributed by atoms with Crippen LogP contribution < -0.4 is 5.32 Å². The molecule has 7 heteroatoms. The molecule has 0 aromatic carbocycles. The maximum Gasteiger partial charge on any atom is 0.217 e. The van der Waals surface area contributed by atoms with Gasteiger partial charge in [0.05, 0.1) is 24.0 Å². The Labute approximate surface area is 92.7 Å². The number of aliphatic hydroxyl groups excluding tert-OH is 3.